The van der Waals surface area contributed by atoms with Gasteiger partial charge in [0, 0.05) is 37.7 Å². The van der Waals surface area contributed by atoms with E-state index < -0.39 is 17.6 Å². The lowest BCUT2D eigenvalue weighted by Gasteiger charge is -2.37. The Labute approximate surface area is 172 Å². The van der Waals surface area contributed by atoms with Crippen LogP contribution in [-0.4, -0.2) is 46.8 Å². The van der Waals surface area contributed by atoms with Crippen LogP contribution in [0.2, 0.25) is 0 Å². The molecule has 0 saturated carbocycles. The lowest BCUT2D eigenvalue weighted by Crippen LogP contribution is -2.45. The van der Waals surface area contributed by atoms with Gasteiger partial charge in [-0.1, -0.05) is 0 Å². The molecule has 154 valence electrons. The largest absolute Gasteiger partial charge is 0.433 e. The number of primary amides is 1. The molecule has 3 aromatic heterocycles. The van der Waals surface area contributed by atoms with E-state index >= 15 is 0 Å². The van der Waals surface area contributed by atoms with E-state index in [1.54, 1.807) is 13.2 Å². The lowest BCUT2D eigenvalue weighted by atomic mass is 9.94. The SMILES string of the molecule is CN1C(=O)OC2(CCOC2)c2nc(-c3cn(C)c4cnc(CC(N)=O)cc34)ccc21. The van der Waals surface area contributed by atoms with Crippen molar-refractivity contribution in [2.24, 2.45) is 12.8 Å². The van der Waals surface area contributed by atoms with E-state index in [2.05, 4.69) is 4.98 Å². The van der Waals surface area contributed by atoms with Crippen molar-refractivity contribution in [3.05, 3.63) is 42.0 Å². The molecule has 2 aliphatic rings. The second-order valence-electron chi connectivity index (χ2n) is 7.78. The number of amides is 2. The number of carbonyl (C=O) groups excluding carboxylic acids is 2. The average Bonchev–Trinajstić information content (AvgIpc) is 3.31. The number of nitrogens with two attached hydrogens (primary N) is 1. The average molecular weight is 407 g/mol. The number of ether oxygens (including phenoxy) is 2. The van der Waals surface area contributed by atoms with Crippen LogP contribution >= 0.6 is 0 Å². The third-order valence-electron chi connectivity index (χ3n) is 5.77. The molecule has 2 amide bonds. The Morgan fingerprint density at radius 3 is 2.90 bits per heavy atom. The van der Waals surface area contributed by atoms with E-state index in [4.69, 9.17) is 20.2 Å². The van der Waals surface area contributed by atoms with E-state index in [0.29, 0.717) is 24.4 Å². The van der Waals surface area contributed by atoms with Crippen molar-refractivity contribution in [1.82, 2.24) is 14.5 Å². The molecule has 5 heterocycles. The summed E-state index contributed by atoms with van der Waals surface area (Å²) in [5, 5.41) is 0.925. The lowest BCUT2D eigenvalue weighted by molar-refractivity contribution is -0.117. The summed E-state index contributed by atoms with van der Waals surface area (Å²) in [6.07, 6.45) is 3.94. The zero-order valence-electron chi connectivity index (χ0n) is 16.7. The third kappa shape index (κ3) is 2.73. The summed E-state index contributed by atoms with van der Waals surface area (Å²) in [5.41, 5.74) is 9.06. The minimum absolute atomic E-state index is 0.0725. The fourth-order valence-electron chi connectivity index (χ4n) is 4.20. The van der Waals surface area contributed by atoms with Crippen molar-refractivity contribution in [3.8, 4) is 11.3 Å². The summed E-state index contributed by atoms with van der Waals surface area (Å²) in [6, 6.07) is 5.65. The molecule has 1 atom stereocenters. The van der Waals surface area contributed by atoms with Gasteiger partial charge in [-0.3, -0.25) is 14.7 Å². The molecule has 1 spiro atoms. The number of rotatable bonds is 3. The van der Waals surface area contributed by atoms with Crippen LogP contribution in [0.5, 0.6) is 0 Å². The van der Waals surface area contributed by atoms with Crippen LogP contribution in [0.25, 0.3) is 22.2 Å². The number of carbonyl (C=O) groups is 2. The summed E-state index contributed by atoms with van der Waals surface area (Å²) in [4.78, 5) is 34.4. The highest BCUT2D eigenvalue weighted by Gasteiger charge is 2.48. The molecule has 9 heteroatoms. The van der Waals surface area contributed by atoms with E-state index in [9.17, 15) is 9.59 Å². The number of fused-ring (bicyclic) bond motifs is 3. The maximum Gasteiger partial charge on any atom is 0.415 e. The van der Waals surface area contributed by atoms with Crippen LogP contribution in [0.3, 0.4) is 0 Å². The van der Waals surface area contributed by atoms with Gasteiger partial charge in [0.2, 0.25) is 5.91 Å². The maximum atomic E-state index is 12.3. The topological polar surface area (TPSA) is 113 Å². The molecule has 9 nitrogen and oxygen atoms in total. The minimum Gasteiger partial charge on any atom is -0.433 e. The summed E-state index contributed by atoms with van der Waals surface area (Å²) >= 11 is 0. The Morgan fingerprint density at radius 2 is 2.17 bits per heavy atom. The van der Waals surface area contributed by atoms with Crippen molar-refractivity contribution in [1.29, 1.82) is 0 Å². The molecular weight excluding hydrogens is 386 g/mol. The first-order valence-corrected chi connectivity index (χ1v) is 9.66. The Kier molecular flexibility index (Phi) is 4.04. The van der Waals surface area contributed by atoms with Gasteiger partial charge in [0.15, 0.2) is 5.60 Å². The van der Waals surface area contributed by atoms with E-state index in [0.717, 1.165) is 27.8 Å². The molecule has 5 rings (SSSR count). The zero-order valence-corrected chi connectivity index (χ0v) is 16.7. The number of anilines is 1. The number of hydrogen-bond acceptors (Lipinski definition) is 6. The van der Waals surface area contributed by atoms with Crippen LogP contribution in [0.1, 0.15) is 17.8 Å². The number of nitrogens with zero attached hydrogens (tertiary/aromatic N) is 4. The highest BCUT2D eigenvalue weighted by atomic mass is 16.6. The first-order chi connectivity index (χ1) is 14.4. The summed E-state index contributed by atoms with van der Waals surface area (Å²) in [6.45, 7) is 0.803. The number of aromatic nitrogens is 3. The van der Waals surface area contributed by atoms with Crippen molar-refractivity contribution < 1.29 is 19.1 Å². The van der Waals surface area contributed by atoms with Crippen LogP contribution in [-0.2, 0) is 33.3 Å². The summed E-state index contributed by atoms with van der Waals surface area (Å²) in [7, 11) is 3.60. The molecule has 3 aromatic rings. The summed E-state index contributed by atoms with van der Waals surface area (Å²) in [5.74, 6) is -0.431. The molecule has 30 heavy (non-hydrogen) atoms. The molecule has 2 aliphatic heterocycles. The van der Waals surface area contributed by atoms with E-state index in [1.165, 1.54) is 4.90 Å². The maximum absolute atomic E-state index is 12.3. The highest BCUT2D eigenvalue weighted by molar-refractivity contribution is 5.96. The zero-order chi connectivity index (χ0) is 21.0. The second-order valence-corrected chi connectivity index (χ2v) is 7.78. The van der Waals surface area contributed by atoms with Gasteiger partial charge in [0.05, 0.1) is 48.4 Å². The molecule has 0 aromatic carbocycles. The van der Waals surface area contributed by atoms with Crippen LogP contribution in [0.15, 0.2) is 30.6 Å². The minimum atomic E-state index is -0.863. The van der Waals surface area contributed by atoms with E-state index in [1.807, 2.05) is 36.0 Å². The van der Waals surface area contributed by atoms with Crippen LogP contribution in [0.4, 0.5) is 10.5 Å². The fraction of sp³-hybridized carbons (Fsp3) is 0.333. The molecule has 1 unspecified atom stereocenters. The fourth-order valence-corrected chi connectivity index (χ4v) is 4.20. The molecule has 0 bridgehead atoms. The summed E-state index contributed by atoms with van der Waals surface area (Å²) < 4.78 is 13.3. The Bertz CT molecular complexity index is 1200. The Morgan fingerprint density at radius 1 is 1.33 bits per heavy atom. The molecule has 1 saturated heterocycles. The predicted octanol–water partition coefficient (Wildman–Crippen LogP) is 1.87. The third-order valence-corrected chi connectivity index (χ3v) is 5.77. The molecule has 0 aliphatic carbocycles. The first kappa shape index (κ1) is 18.6. The normalized spacial score (nSPS) is 20.6. The Hall–Kier alpha value is -3.46. The monoisotopic (exact) mass is 407 g/mol. The van der Waals surface area contributed by atoms with Gasteiger partial charge in [-0.2, -0.15) is 0 Å². The standard InChI is InChI=1S/C21H21N5O4/c1-25-10-14(13-7-12(8-18(22)27)23-9-17(13)25)15-3-4-16-19(24-15)21(5-6-29-11-21)30-20(28)26(16)2/h3-4,7,9-10H,5-6,8,11H2,1-2H3,(H2,22,27). The van der Waals surface area contributed by atoms with Crippen molar-refractivity contribution in [3.63, 3.8) is 0 Å². The van der Waals surface area contributed by atoms with Gasteiger partial charge in [0.25, 0.3) is 0 Å². The van der Waals surface area contributed by atoms with E-state index in [-0.39, 0.29) is 13.0 Å². The van der Waals surface area contributed by atoms with Gasteiger partial charge in [0.1, 0.15) is 5.69 Å². The van der Waals surface area contributed by atoms with Crippen LogP contribution < -0.4 is 10.6 Å². The number of aryl methyl sites for hydroxylation is 1. The number of hydrogen-bond donors (Lipinski definition) is 1. The van der Waals surface area contributed by atoms with Crippen molar-refractivity contribution in [2.45, 2.75) is 18.4 Å². The van der Waals surface area contributed by atoms with Crippen molar-refractivity contribution in [2.75, 3.05) is 25.2 Å². The van der Waals surface area contributed by atoms with Crippen molar-refractivity contribution >= 4 is 28.6 Å². The second kappa shape index (κ2) is 6.53. The molecule has 1 fully saturated rings. The first-order valence-electron chi connectivity index (χ1n) is 9.66. The van der Waals surface area contributed by atoms with Gasteiger partial charge >= 0.3 is 6.09 Å². The molecule has 2 N–H and O–H groups in total. The molecule has 0 radical (unpaired) electrons. The van der Waals surface area contributed by atoms with Crippen LogP contribution in [0, 0.1) is 0 Å². The van der Waals surface area contributed by atoms with Gasteiger partial charge in [-0.25, -0.2) is 9.78 Å². The quantitative estimate of drug-likeness (QED) is 0.709. The van der Waals surface area contributed by atoms with Gasteiger partial charge < -0.3 is 19.8 Å². The molecular formula is C21H21N5O4. The van der Waals surface area contributed by atoms with Gasteiger partial charge in [-0.05, 0) is 18.2 Å². The number of pyridine rings is 2. The highest BCUT2D eigenvalue weighted by Crippen LogP contribution is 2.44. The Balaban J connectivity index is 1.68. The smallest absolute Gasteiger partial charge is 0.415 e. The predicted molar refractivity (Wildman–Crippen MR) is 109 cm³/mol. The van der Waals surface area contributed by atoms with Gasteiger partial charge in [-0.15, -0.1) is 0 Å².